The van der Waals surface area contributed by atoms with Crippen LogP contribution in [0.1, 0.15) is 54.1 Å². The molecule has 0 atom stereocenters. The Morgan fingerprint density at radius 2 is 2.12 bits per heavy atom. The number of aromatic nitrogens is 3. The number of nitrogens with zero attached hydrogens (tertiary/aromatic N) is 3. The molecule has 2 aromatic rings. The van der Waals surface area contributed by atoms with E-state index in [1.54, 1.807) is 12.3 Å². The van der Waals surface area contributed by atoms with Crippen LogP contribution in [-0.2, 0) is 17.9 Å². The highest BCUT2D eigenvalue weighted by Gasteiger charge is 2.16. The average Bonchev–Trinajstić information content (AvgIpc) is 3.24. The molecule has 3 rings (SSSR count). The lowest BCUT2D eigenvalue weighted by Crippen LogP contribution is -2.36. The van der Waals surface area contributed by atoms with Crippen LogP contribution in [0.2, 0.25) is 0 Å². The zero-order valence-corrected chi connectivity index (χ0v) is 13.7. The standard InChI is InChI=1S/C16H20N4O5/c21-15(22)14-7-6-13(25-14)9-20-8-12(18-19-20)10-24-16(23)17-11-4-2-1-3-5-11/h6-8,11H,1-5,9-10H2,(H,17,23)(H,21,22). The van der Waals surface area contributed by atoms with E-state index in [2.05, 4.69) is 15.6 Å². The number of nitrogens with one attached hydrogen (secondary N) is 1. The van der Waals surface area contributed by atoms with E-state index in [0.29, 0.717) is 11.5 Å². The van der Waals surface area contributed by atoms with Crippen LogP contribution < -0.4 is 5.32 Å². The van der Waals surface area contributed by atoms with Crippen molar-refractivity contribution in [1.29, 1.82) is 0 Å². The first kappa shape index (κ1) is 17.0. The van der Waals surface area contributed by atoms with E-state index in [1.165, 1.54) is 17.2 Å². The van der Waals surface area contributed by atoms with Gasteiger partial charge in [-0.05, 0) is 25.0 Å². The van der Waals surface area contributed by atoms with Gasteiger partial charge in [0.15, 0.2) is 0 Å². The van der Waals surface area contributed by atoms with Crippen LogP contribution >= 0.6 is 0 Å². The van der Waals surface area contributed by atoms with Crippen molar-refractivity contribution in [2.75, 3.05) is 0 Å². The number of ether oxygens (including phenoxy) is 1. The first-order valence-electron chi connectivity index (χ1n) is 8.24. The Hall–Kier alpha value is -2.84. The van der Waals surface area contributed by atoms with E-state index in [1.807, 2.05) is 0 Å². The van der Waals surface area contributed by atoms with Crippen LogP contribution in [0.4, 0.5) is 4.79 Å². The zero-order chi connectivity index (χ0) is 17.6. The number of carboxylic acids is 1. The first-order chi connectivity index (χ1) is 12.1. The minimum absolute atomic E-state index is 0.0249. The molecule has 1 aliphatic carbocycles. The lowest BCUT2D eigenvalue weighted by molar-refractivity contribution is 0.0660. The predicted molar refractivity (Wildman–Crippen MR) is 85.0 cm³/mol. The smallest absolute Gasteiger partial charge is 0.407 e. The maximum absolute atomic E-state index is 11.8. The molecule has 0 aliphatic heterocycles. The third-order valence-corrected chi connectivity index (χ3v) is 4.05. The number of hydrogen-bond acceptors (Lipinski definition) is 6. The van der Waals surface area contributed by atoms with Crippen molar-refractivity contribution in [3.8, 4) is 0 Å². The second-order valence-electron chi connectivity index (χ2n) is 6.03. The van der Waals surface area contributed by atoms with Gasteiger partial charge < -0.3 is 19.6 Å². The minimum atomic E-state index is -1.12. The van der Waals surface area contributed by atoms with Gasteiger partial charge in [-0.15, -0.1) is 5.10 Å². The van der Waals surface area contributed by atoms with Crippen molar-refractivity contribution < 1.29 is 23.8 Å². The molecule has 1 amide bonds. The van der Waals surface area contributed by atoms with Gasteiger partial charge in [-0.2, -0.15) is 0 Å². The van der Waals surface area contributed by atoms with Crippen molar-refractivity contribution in [3.63, 3.8) is 0 Å². The molecule has 2 heterocycles. The second kappa shape index (κ2) is 7.82. The Morgan fingerprint density at radius 1 is 1.32 bits per heavy atom. The number of rotatable bonds is 6. The number of carbonyl (C=O) groups is 2. The molecular weight excluding hydrogens is 328 g/mol. The summed E-state index contributed by atoms with van der Waals surface area (Å²) in [5.41, 5.74) is 0.504. The van der Waals surface area contributed by atoms with E-state index in [9.17, 15) is 9.59 Å². The monoisotopic (exact) mass is 348 g/mol. The fourth-order valence-electron chi connectivity index (χ4n) is 2.81. The molecule has 0 bridgehead atoms. The summed E-state index contributed by atoms with van der Waals surface area (Å²) in [6.07, 6.45) is 6.65. The Bertz CT molecular complexity index is 732. The van der Waals surface area contributed by atoms with Crippen LogP contribution in [-0.4, -0.2) is 38.2 Å². The normalized spacial score (nSPS) is 15.0. The third-order valence-electron chi connectivity index (χ3n) is 4.05. The Morgan fingerprint density at radius 3 is 2.84 bits per heavy atom. The van der Waals surface area contributed by atoms with Gasteiger partial charge in [0.1, 0.15) is 24.6 Å². The summed E-state index contributed by atoms with van der Waals surface area (Å²) in [4.78, 5) is 22.6. The van der Waals surface area contributed by atoms with Crippen molar-refractivity contribution in [1.82, 2.24) is 20.3 Å². The second-order valence-corrected chi connectivity index (χ2v) is 6.03. The van der Waals surface area contributed by atoms with Crippen LogP contribution in [0.25, 0.3) is 0 Å². The molecule has 0 spiro atoms. The van der Waals surface area contributed by atoms with Crippen molar-refractivity contribution in [2.45, 2.75) is 51.3 Å². The van der Waals surface area contributed by atoms with Gasteiger partial charge in [0.25, 0.3) is 0 Å². The number of furan rings is 1. The van der Waals surface area contributed by atoms with E-state index in [4.69, 9.17) is 14.3 Å². The summed E-state index contributed by atoms with van der Waals surface area (Å²) in [6, 6.07) is 3.15. The highest BCUT2D eigenvalue weighted by molar-refractivity contribution is 5.84. The molecule has 9 nitrogen and oxygen atoms in total. The summed E-state index contributed by atoms with van der Waals surface area (Å²) >= 11 is 0. The van der Waals surface area contributed by atoms with Crippen LogP contribution in [0, 0.1) is 0 Å². The SMILES string of the molecule is O=C(NC1CCCCC1)OCc1cn(Cc2ccc(C(=O)O)o2)nn1. The van der Waals surface area contributed by atoms with Crippen molar-refractivity contribution in [3.05, 3.63) is 35.5 Å². The zero-order valence-electron chi connectivity index (χ0n) is 13.7. The molecule has 1 fully saturated rings. The largest absolute Gasteiger partial charge is 0.475 e. The summed E-state index contributed by atoms with van der Waals surface area (Å²) in [7, 11) is 0. The van der Waals surface area contributed by atoms with E-state index >= 15 is 0 Å². The molecule has 2 N–H and O–H groups in total. The van der Waals surface area contributed by atoms with Gasteiger partial charge in [-0.25, -0.2) is 14.3 Å². The molecule has 0 radical (unpaired) electrons. The summed E-state index contributed by atoms with van der Waals surface area (Å²) in [5, 5.41) is 19.5. The molecule has 0 aromatic carbocycles. The molecule has 1 aliphatic rings. The maximum atomic E-state index is 11.8. The molecule has 9 heteroatoms. The highest BCUT2D eigenvalue weighted by atomic mass is 16.5. The summed E-state index contributed by atoms with van der Waals surface area (Å²) < 4.78 is 11.8. The quantitative estimate of drug-likeness (QED) is 0.821. The number of aromatic carboxylic acids is 1. The Balaban J connectivity index is 1.46. The minimum Gasteiger partial charge on any atom is -0.475 e. The van der Waals surface area contributed by atoms with Crippen molar-refractivity contribution in [2.24, 2.45) is 0 Å². The number of carboxylic acid groups (broad SMARTS) is 1. The number of carbonyl (C=O) groups excluding carboxylic acids is 1. The molecule has 2 aromatic heterocycles. The first-order valence-corrected chi connectivity index (χ1v) is 8.24. The van der Waals surface area contributed by atoms with Crippen LogP contribution in [0.5, 0.6) is 0 Å². The van der Waals surface area contributed by atoms with E-state index in [0.717, 1.165) is 25.7 Å². The Labute approximate surface area is 144 Å². The van der Waals surface area contributed by atoms with Gasteiger partial charge in [0.05, 0.1) is 6.20 Å². The van der Waals surface area contributed by atoms with Crippen LogP contribution in [0.15, 0.2) is 22.7 Å². The summed E-state index contributed by atoms with van der Waals surface area (Å²) in [5.74, 6) is -0.800. The Kier molecular flexibility index (Phi) is 5.32. The van der Waals surface area contributed by atoms with Gasteiger partial charge in [-0.3, -0.25) is 0 Å². The van der Waals surface area contributed by atoms with E-state index < -0.39 is 12.1 Å². The van der Waals surface area contributed by atoms with Gasteiger partial charge in [0, 0.05) is 6.04 Å². The van der Waals surface area contributed by atoms with Crippen LogP contribution in [0.3, 0.4) is 0 Å². The van der Waals surface area contributed by atoms with Gasteiger partial charge >= 0.3 is 12.1 Å². The highest BCUT2D eigenvalue weighted by Crippen LogP contribution is 2.17. The molecule has 0 saturated heterocycles. The fourth-order valence-corrected chi connectivity index (χ4v) is 2.81. The van der Waals surface area contributed by atoms with E-state index in [-0.39, 0.29) is 25.0 Å². The number of alkyl carbamates (subject to hydrolysis) is 1. The predicted octanol–water partition coefficient (Wildman–Crippen LogP) is 2.18. The topological polar surface area (TPSA) is 119 Å². The molecule has 134 valence electrons. The number of hydrogen-bond donors (Lipinski definition) is 2. The average molecular weight is 348 g/mol. The molecule has 25 heavy (non-hydrogen) atoms. The van der Waals surface area contributed by atoms with Crippen molar-refractivity contribution >= 4 is 12.1 Å². The fraction of sp³-hybridized carbons (Fsp3) is 0.500. The lowest BCUT2D eigenvalue weighted by Gasteiger charge is -2.22. The summed E-state index contributed by atoms with van der Waals surface area (Å²) in [6.45, 7) is 0.269. The molecular formula is C16H20N4O5. The van der Waals surface area contributed by atoms with Gasteiger partial charge in [0.2, 0.25) is 5.76 Å². The molecule has 1 saturated carbocycles. The third kappa shape index (κ3) is 4.82. The lowest BCUT2D eigenvalue weighted by atomic mass is 9.96. The van der Waals surface area contributed by atoms with Gasteiger partial charge in [-0.1, -0.05) is 24.5 Å². The number of amides is 1. The maximum Gasteiger partial charge on any atom is 0.407 e. The molecule has 0 unspecified atom stereocenters.